The van der Waals surface area contributed by atoms with Gasteiger partial charge in [-0.2, -0.15) is 0 Å². The molecule has 1 aliphatic rings. The smallest absolute Gasteiger partial charge is 0.0762 e. The van der Waals surface area contributed by atoms with Crippen molar-refractivity contribution >= 4 is 5.69 Å². The van der Waals surface area contributed by atoms with E-state index in [0.29, 0.717) is 6.10 Å². The largest absolute Gasteiger partial charge is 0.380 e. The summed E-state index contributed by atoms with van der Waals surface area (Å²) in [4.78, 5) is 2.38. The van der Waals surface area contributed by atoms with E-state index in [0.717, 1.165) is 19.5 Å². The summed E-state index contributed by atoms with van der Waals surface area (Å²) < 4.78 is 5.34. The Kier molecular flexibility index (Phi) is 2.73. The molecule has 1 atom stereocenters. The molecule has 76 valence electrons. The summed E-state index contributed by atoms with van der Waals surface area (Å²) in [5.74, 6) is 0. The maximum atomic E-state index is 5.34. The maximum absolute atomic E-state index is 5.34. The number of anilines is 1. The molecular weight excluding hydrogens is 174 g/mol. The van der Waals surface area contributed by atoms with Crippen molar-refractivity contribution in [3.05, 3.63) is 29.8 Å². The highest BCUT2D eigenvalue weighted by molar-refractivity contribution is 5.48. The Morgan fingerprint density at radius 2 is 2.00 bits per heavy atom. The Morgan fingerprint density at radius 3 is 2.57 bits per heavy atom. The van der Waals surface area contributed by atoms with Crippen LogP contribution in [-0.4, -0.2) is 26.3 Å². The summed E-state index contributed by atoms with van der Waals surface area (Å²) in [5, 5.41) is 0. The molecule has 0 amide bonds. The normalized spacial score (nSPS) is 21.6. The highest BCUT2D eigenvalue weighted by Crippen LogP contribution is 2.21. The molecule has 0 spiro atoms. The van der Waals surface area contributed by atoms with Gasteiger partial charge in [0.2, 0.25) is 0 Å². The Balaban J connectivity index is 2.06. The number of ether oxygens (including phenoxy) is 1. The van der Waals surface area contributed by atoms with Gasteiger partial charge in [0.1, 0.15) is 0 Å². The molecular formula is C12H17NO. The third-order valence-corrected chi connectivity index (χ3v) is 2.88. The lowest BCUT2D eigenvalue weighted by Crippen LogP contribution is -2.21. The highest BCUT2D eigenvalue weighted by atomic mass is 16.5. The van der Waals surface area contributed by atoms with Gasteiger partial charge in [-0.15, -0.1) is 0 Å². The van der Waals surface area contributed by atoms with Gasteiger partial charge in [0.25, 0.3) is 0 Å². The molecule has 1 aliphatic heterocycles. The SMILES string of the molecule is CO[C@H]1CCN(c2ccc(C)cc2)C1. The molecule has 0 saturated carbocycles. The van der Waals surface area contributed by atoms with Crippen molar-refractivity contribution < 1.29 is 4.74 Å². The molecule has 0 unspecified atom stereocenters. The van der Waals surface area contributed by atoms with Gasteiger partial charge in [-0.25, -0.2) is 0 Å². The minimum Gasteiger partial charge on any atom is -0.380 e. The third kappa shape index (κ3) is 1.90. The van der Waals surface area contributed by atoms with E-state index in [1.165, 1.54) is 11.3 Å². The molecule has 2 nitrogen and oxygen atoms in total. The molecule has 1 fully saturated rings. The fourth-order valence-electron chi connectivity index (χ4n) is 1.91. The lowest BCUT2D eigenvalue weighted by Gasteiger charge is -2.18. The van der Waals surface area contributed by atoms with Crippen LogP contribution in [0.3, 0.4) is 0 Å². The molecule has 2 rings (SSSR count). The molecule has 1 aromatic carbocycles. The van der Waals surface area contributed by atoms with Crippen LogP contribution < -0.4 is 4.90 Å². The van der Waals surface area contributed by atoms with Crippen LogP contribution >= 0.6 is 0 Å². The summed E-state index contributed by atoms with van der Waals surface area (Å²) >= 11 is 0. The fourth-order valence-corrected chi connectivity index (χ4v) is 1.91. The fraction of sp³-hybridized carbons (Fsp3) is 0.500. The minimum absolute atomic E-state index is 0.413. The third-order valence-electron chi connectivity index (χ3n) is 2.88. The predicted molar refractivity (Wildman–Crippen MR) is 58.8 cm³/mol. The molecule has 0 aliphatic carbocycles. The number of benzene rings is 1. The number of hydrogen-bond acceptors (Lipinski definition) is 2. The van der Waals surface area contributed by atoms with E-state index in [2.05, 4.69) is 36.1 Å². The Bertz CT molecular complexity index is 294. The van der Waals surface area contributed by atoms with Crippen molar-refractivity contribution in [2.75, 3.05) is 25.1 Å². The summed E-state index contributed by atoms with van der Waals surface area (Å²) in [6.07, 6.45) is 1.56. The van der Waals surface area contributed by atoms with E-state index in [9.17, 15) is 0 Å². The van der Waals surface area contributed by atoms with Crippen molar-refractivity contribution in [1.82, 2.24) is 0 Å². The zero-order valence-corrected chi connectivity index (χ0v) is 8.86. The predicted octanol–water partition coefficient (Wildman–Crippen LogP) is 2.22. The van der Waals surface area contributed by atoms with E-state index in [4.69, 9.17) is 4.74 Å². The topological polar surface area (TPSA) is 12.5 Å². The van der Waals surface area contributed by atoms with Crippen LogP contribution in [-0.2, 0) is 4.74 Å². The molecule has 14 heavy (non-hydrogen) atoms. The van der Waals surface area contributed by atoms with Crippen LogP contribution in [0.2, 0.25) is 0 Å². The van der Waals surface area contributed by atoms with Crippen molar-refractivity contribution in [2.45, 2.75) is 19.4 Å². The second-order valence-electron chi connectivity index (χ2n) is 3.93. The standard InChI is InChI=1S/C12H17NO/c1-10-3-5-11(6-4-10)13-8-7-12(9-13)14-2/h3-6,12H,7-9H2,1-2H3/t12-/m0/s1. The molecule has 0 bridgehead atoms. The van der Waals surface area contributed by atoms with Gasteiger partial charge in [-0.1, -0.05) is 17.7 Å². The summed E-state index contributed by atoms with van der Waals surface area (Å²) in [6, 6.07) is 8.70. The van der Waals surface area contributed by atoms with Gasteiger partial charge < -0.3 is 9.64 Å². The summed E-state index contributed by atoms with van der Waals surface area (Å²) in [5.41, 5.74) is 2.63. The lowest BCUT2D eigenvalue weighted by molar-refractivity contribution is 0.121. The second-order valence-corrected chi connectivity index (χ2v) is 3.93. The highest BCUT2D eigenvalue weighted by Gasteiger charge is 2.21. The van der Waals surface area contributed by atoms with Crippen molar-refractivity contribution in [2.24, 2.45) is 0 Å². The molecule has 2 heteroatoms. The van der Waals surface area contributed by atoms with Crippen LogP contribution in [0.1, 0.15) is 12.0 Å². The van der Waals surface area contributed by atoms with Gasteiger partial charge in [-0.05, 0) is 25.5 Å². The molecule has 0 radical (unpaired) electrons. The van der Waals surface area contributed by atoms with Crippen LogP contribution in [0.25, 0.3) is 0 Å². The Morgan fingerprint density at radius 1 is 1.29 bits per heavy atom. The van der Waals surface area contributed by atoms with Crippen molar-refractivity contribution in [3.63, 3.8) is 0 Å². The van der Waals surface area contributed by atoms with Gasteiger partial charge in [0.05, 0.1) is 6.10 Å². The van der Waals surface area contributed by atoms with Crippen molar-refractivity contribution in [1.29, 1.82) is 0 Å². The minimum atomic E-state index is 0.413. The van der Waals surface area contributed by atoms with Crippen molar-refractivity contribution in [3.8, 4) is 0 Å². The molecule has 1 heterocycles. The molecule has 0 N–H and O–H groups in total. The zero-order valence-electron chi connectivity index (χ0n) is 8.86. The number of methoxy groups -OCH3 is 1. The van der Waals surface area contributed by atoms with Gasteiger partial charge >= 0.3 is 0 Å². The number of nitrogens with zero attached hydrogens (tertiary/aromatic N) is 1. The van der Waals surface area contributed by atoms with E-state index in [1.807, 2.05) is 0 Å². The van der Waals surface area contributed by atoms with E-state index in [1.54, 1.807) is 7.11 Å². The first kappa shape index (κ1) is 9.53. The summed E-state index contributed by atoms with van der Waals surface area (Å²) in [7, 11) is 1.79. The van der Waals surface area contributed by atoms with E-state index >= 15 is 0 Å². The Labute approximate surface area is 85.5 Å². The van der Waals surface area contributed by atoms with Gasteiger partial charge in [0, 0.05) is 25.9 Å². The Hall–Kier alpha value is -1.02. The second kappa shape index (κ2) is 4.01. The number of hydrogen-bond donors (Lipinski definition) is 0. The van der Waals surface area contributed by atoms with Crippen LogP contribution in [0.5, 0.6) is 0 Å². The van der Waals surface area contributed by atoms with Gasteiger partial charge in [-0.3, -0.25) is 0 Å². The van der Waals surface area contributed by atoms with Gasteiger partial charge in [0.15, 0.2) is 0 Å². The van der Waals surface area contributed by atoms with Crippen LogP contribution in [0.15, 0.2) is 24.3 Å². The van der Waals surface area contributed by atoms with E-state index in [-0.39, 0.29) is 0 Å². The summed E-state index contributed by atoms with van der Waals surface area (Å²) in [6.45, 7) is 4.26. The average Bonchev–Trinajstić information content (AvgIpc) is 2.67. The van der Waals surface area contributed by atoms with Crippen LogP contribution in [0, 0.1) is 6.92 Å². The quantitative estimate of drug-likeness (QED) is 0.710. The number of aryl methyl sites for hydroxylation is 1. The first-order valence-electron chi connectivity index (χ1n) is 5.14. The molecule has 1 saturated heterocycles. The first-order chi connectivity index (χ1) is 6.79. The zero-order chi connectivity index (χ0) is 9.97. The maximum Gasteiger partial charge on any atom is 0.0762 e. The van der Waals surface area contributed by atoms with Crippen LogP contribution in [0.4, 0.5) is 5.69 Å². The average molecular weight is 191 g/mol. The monoisotopic (exact) mass is 191 g/mol. The first-order valence-corrected chi connectivity index (χ1v) is 5.14. The van der Waals surface area contributed by atoms with E-state index < -0.39 is 0 Å². The molecule has 0 aromatic heterocycles. The molecule has 1 aromatic rings. The number of rotatable bonds is 2. The lowest BCUT2D eigenvalue weighted by atomic mass is 10.2.